The van der Waals surface area contributed by atoms with Gasteiger partial charge in [-0.2, -0.15) is 5.26 Å². The van der Waals surface area contributed by atoms with Gasteiger partial charge in [0.1, 0.15) is 5.75 Å². The first-order chi connectivity index (χ1) is 8.97. The third kappa shape index (κ3) is 4.36. The Morgan fingerprint density at radius 3 is 2.58 bits per heavy atom. The summed E-state index contributed by atoms with van der Waals surface area (Å²) in [5, 5.41) is 8.92. The summed E-state index contributed by atoms with van der Waals surface area (Å²) >= 11 is 0. The van der Waals surface area contributed by atoms with E-state index in [4.69, 9.17) is 15.7 Å². The van der Waals surface area contributed by atoms with E-state index in [2.05, 4.69) is 17.9 Å². The summed E-state index contributed by atoms with van der Waals surface area (Å²) in [6.07, 6.45) is 0.0886. The Labute approximate surface area is 115 Å². The lowest BCUT2D eigenvalue weighted by Gasteiger charge is -2.25. The Hall–Kier alpha value is -1.89. The molecule has 0 aromatic heterocycles. The zero-order valence-corrected chi connectivity index (χ0v) is 12.2. The van der Waals surface area contributed by atoms with Crippen molar-refractivity contribution in [2.45, 2.75) is 33.8 Å². The van der Waals surface area contributed by atoms with Crippen LogP contribution in [0.5, 0.6) is 5.75 Å². The molecular weight excluding hydrogens is 238 g/mol. The highest BCUT2D eigenvalue weighted by atomic mass is 16.5. The van der Waals surface area contributed by atoms with Crippen LogP contribution in [-0.2, 0) is 0 Å². The molecule has 1 aromatic carbocycles. The van der Waals surface area contributed by atoms with Crippen molar-refractivity contribution < 1.29 is 4.74 Å². The van der Waals surface area contributed by atoms with Gasteiger partial charge in [0.2, 0.25) is 0 Å². The number of nitriles is 1. The molecule has 1 atom stereocenters. The topological polar surface area (TPSA) is 62.3 Å². The van der Waals surface area contributed by atoms with E-state index in [9.17, 15) is 0 Å². The minimum Gasteiger partial charge on any atom is -0.489 e. The average molecular weight is 261 g/mol. The molecule has 0 spiro atoms. The summed E-state index contributed by atoms with van der Waals surface area (Å²) in [5.41, 5.74) is 7.59. The third-order valence-electron chi connectivity index (χ3n) is 2.82. The Bertz CT molecular complexity index is 451. The molecule has 19 heavy (non-hydrogen) atoms. The second-order valence-corrected chi connectivity index (χ2v) is 4.96. The first kappa shape index (κ1) is 15.2. The Kier molecular flexibility index (Phi) is 5.50. The fourth-order valence-electron chi connectivity index (χ4n) is 1.86. The lowest BCUT2D eigenvalue weighted by Crippen LogP contribution is -2.27. The van der Waals surface area contributed by atoms with Crippen LogP contribution in [0.2, 0.25) is 0 Å². The molecule has 0 aliphatic heterocycles. The smallest absolute Gasteiger partial charge is 0.144 e. The predicted molar refractivity (Wildman–Crippen MR) is 79.3 cm³/mol. The van der Waals surface area contributed by atoms with Crippen molar-refractivity contribution in [1.29, 1.82) is 5.26 Å². The van der Waals surface area contributed by atoms with Crippen LogP contribution in [-0.4, -0.2) is 19.2 Å². The monoisotopic (exact) mass is 261 g/mol. The van der Waals surface area contributed by atoms with Crippen molar-refractivity contribution in [3.8, 4) is 11.8 Å². The minimum atomic E-state index is -0.00744. The zero-order chi connectivity index (χ0) is 14.4. The van der Waals surface area contributed by atoms with Crippen molar-refractivity contribution in [2.75, 3.05) is 23.7 Å². The molecular formula is C15H23N3O. The van der Waals surface area contributed by atoms with Crippen molar-refractivity contribution >= 4 is 11.4 Å². The number of rotatable bonds is 6. The molecule has 0 fully saturated rings. The van der Waals surface area contributed by atoms with E-state index in [0.29, 0.717) is 18.0 Å². The van der Waals surface area contributed by atoms with Gasteiger partial charge in [-0.15, -0.1) is 0 Å². The van der Waals surface area contributed by atoms with Crippen LogP contribution in [0.25, 0.3) is 0 Å². The molecule has 4 heteroatoms. The minimum absolute atomic E-state index is 0.00744. The summed E-state index contributed by atoms with van der Waals surface area (Å²) in [6, 6.07) is 8.03. The van der Waals surface area contributed by atoms with Gasteiger partial charge in [-0.05, 0) is 39.8 Å². The number of anilines is 2. The van der Waals surface area contributed by atoms with Gasteiger partial charge in [0.15, 0.2) is 0 Å². The molecule has 0 amide bonds. The van der Waals surface area contributed by atoms with Gasteiger partial charge in [0, 0.05) is 24.8 Å². The highest BCUT2D eigenvalue weighted by Crippen LogP contribution is 2.29. The SMILES string of the molecule is CCN(CC(C)C#N)c1ccc(N)c(OC(C)C)c1. The van der Waals surface area contributed by atoms with Gasteiger partial charge in [-0.3, -0.25) is 0 Å². The molecule has 0 saturated heterocycles. The summed E-state index contributed by atoms with van der Waals surface area (Å²) in [7, 11) is 0. The number of nitrogens with two attached hydrogens (primary N) is 1. The van der Waals surface area contributed by atoms with E-state index in [-0.39, 0.29) is 12.0 Å². The molecule has 0 saturated carbocycles. The zero-order valence-electron chi connectivity index (χ0n) is 12.2. The van der Waals surface area contributed by atoms with E-state index >= 15 is 0 Å². The van der Waals surface area contributed by atoms with Crippen LogP contribution in [0.4, 0.5) is 11.4 Å². The Morgan fingerprint density at radius 1 is 1.37 bits per heavy atom. The maximum atomic E-state index is 8.92. The molecule has 104 valence electrons. The Balaban J connectivity index is 2.95. The van der Waals surface area contributed by atoms with Crippen molar-refractivity contribution in [3.63, 3.8) is 0 Å². The Morgan fingerprint density at radius 2 is 2.05 bits per heavy atom. The number of ether oxygens (including phenoxy) is 1. The van der Waals surface area contributed by atoms with Gasteiger partial charge >= 0.3 is 0 Å². The number of hydrogen-bond donors (Lipinski definition) is 1. The van der Waals surface area contributed by atoms with Gasteiger partial charge in [0.25, 0.3) is 0 Å². The first-order valence-electron chi connectivity index (χ1n) is 6.68. The molecule has 0 aliphatic rings. The van der Waals surface area contributed by atoms with E-state index in [1.807, 2.05) is 39.0 Å². The summed E-state index contributed by atoms with van der Waals surface area (Å²) in [5.74, 6) is 0.697. The second-order valence-electron chi connectivity index (χ2n) is 4.96. The maximum Gasteiger partial charge on any atom is 0.144 e. The summed E-state index contributed by atoms with van der Waals surface area (Å²) in [6.45, 7) is 9.49. The normalized spacial score (nSPS) is 12.0. The van der Waals surface area contributed by atoms with Gasteiger partial charge < -0.3 is 15.4 Å². The van der Waals surface area contributed by atoms with E-state index < -0.39 is 0 Å². The van der Waals surface area contributed by atoms with Gasteiger partial charge in [0.05, 0.1) is 23.8 Å². The molecule has 1 aromatic rings. The van der Waals surface area contributed by atoms with Crippen LogP contribution >= 0.6 is 0 Å². The number of nitrogens with zero attached hydrogens (tertiary/aromatic N) is 2. The first-order valence-corrected chi connectivity index (χ1v) is 6.68. The molecule has 0 bridgehead atoms. The average Bonchev–Trinajstić information content (AvgIpc) is 2.37. The van der Waals surface area contributed by atoms with E-state index in [1.165, 1.54) is 0 Å². The number of benzene rings is 1. The van der Waals surface area contributed by atoms with Gasteiger partial charge in [-0.1, -0.05) is 0 Å². The van der Waals surface area contributed by atoms with Crippen LogP contribution in [0.3, 0.4) is 0 Å². The highest BCUT2D eigenvalue weighted by Gasteiger charge is 2.12. The number of hydrogen-bond acceptors (Lipinski definition) is 4. The fraction of sp³-hybridized carbons (Fsp3) is 0.533. The van der Waals surface area contributed by atoms with Crippen molar-refractivity contribution in [2.24, 2.45) is 5.92 Å². The summed E-state index contributed by atoms with van der Waals surface area (Å²) in [4.78, 5) is 2.15. The molecule has 2 N–H and O–H groups in total. The second kappa shape index (κ2) is 6.89. The van der Waals surface area contributed by atoms with Crippen LogP contribution in [0.15, 0.2) is 18.2 Å². The number of nitrogen functional groups attached to an aromatic ring is 1. The quantitative estimate of drug-likeness (QED) is 0.799. The third-order valence-corrected chi connectivity index (χ3v) is 2.82. The van der Waals surface area contributed by atoms with E-state index in [0.717, 1.165) is 12.2 Å². The van der Waals surface area contributed by atoms with E-state index in [1.54, 1.807) is 0 Å². The molecule has 1 unspecified atom stereocenters. The lowest BCUT2D eigenvalue weighted by atomic mass is 10.1. The van der Waals surface area contributed by atoms with Crippen LogP contribution in [0.1, 0.15) is 27.7 Å². The van der Waals surface area contributed by atoms with Crippen LogP contribution in [0, 0.1) is 17.2 Å². The summed E-state index contributed by atoms with van der Waals surface area (Å²) < 4.78 is 5.69. The maximum absolute atomic E-state index is 8.92. The molecule has 0 radical (unpaired) electrons. The molecule has 0 heterocycles. The largest absolute Gasteiger partial charge is 0.489 e. The lowest BCUT2D eigenvalue weighted by molar-refractivity contribution is 0.244. The van der Waals surface area contributed by atoms with Crippen LogP contribution < -0.4 is 15.4 Å². The van der Waals surface area contributed by atoms with Crippen molar-refractivity contribution in [3.05, 3.63) is 18.2 Å². The standard InChI is InChI=1S/C15H23N3O/c1-5-18(10-12(4)9-16)13-6-7-14(17)15(8-13)19-11(2)3/h6-8,11-12H,5,10,17H2,1-4H3. The highest BCUT2D eigenvalue weighted by molar-refractivity contribution is 5.62. The molecule has 1 rings (SSSR count). The predicted octanol–water partition coefficient (Wildman–Crippen LogP) is 3.04. The molecule has 0 aliphatic carbocycles. The van der Waals surface area contributed by atoms with Gasteiger partial charge in [-0.25, -0.2) is 0 Å². The van der Waals surface area contributed by atoms with Crippen molar-refractivity contribution in [1.82, 2.24) is 0 Å². The fourth-order valence-corrected chi connectivity index (χ4v) is 1.86. The molecule has 4 nitrogen and oxygen atoms in total.